The Labute approximate surface area is 177 Å². The number of carbonyl (C=O) groups excluding carboxylic acids is 1. The molecule has 0 bridgehead atoms. The molecule has 5 nitrogen and oxygen atoms in total. The summed E-state index contributed by atoms with van der Waals surface area (Å²) >= 11 is 0. The van der Waals surface area contributed by atoms with Crippen molar-refractivity contribution < 1.29 is 13.2 Å². The molecule has 0 spiro atoms. The van der Waals surface area contributed by atoms with Crippen molar-refractivity contribution in [3.05, 3.63) is 95.6 Å². The first kappa shape index (κ1) is 20.3. The van der Waals surface area contributed by atoms with Gasteiger partial charge in [-0.2, -0.15) is 4.72 Å². The molecule has 1 aliphatic heterocycles. The van der Waals surface area contributed by atoms with Gasteiger partial charge in [0.25, 0.3) is 0 Å². The van der Waals surface area contributed by atoms with Crippen LogP contribution in [-0.4, -0.2) is 20.4 Å². The van der Waals surface area contributed by atoms with E-state index in [2.05, 4.69) is 4.72 Å². The van der Waals surface area contributed by atoms with Crippen LogP contribution in [0.25, 0.3) is 0 Å². The Hall–Kier alpha value is -2.96. The predicted molar refractivity (Wildman–Crippen MR) is 118 cm³/mol. The lowest BCUT2D eigenvalue weighted by Crippen LogP contribution is -2.33. The maximum Gasteiger partial charge on any atom is 0.241 e. The number of nitrogens with one attached hydrogen (secondary N) is 1. The fraction of sp³-hybridized carbons (Fsp3) is 0.208. The van der Waals surface area contributed by atoms with Gasteiger partial charge in [0, 0.05) is 18.7 Å². The van der Waals surface area contributed by atoms with Crippen molar-refractivity contribution in [2.45, 2.75) is 37.2 Å². The lowest BCUT2D eigenvalue weighted by atomic mass is 10.00. The first-order valence-corrected chi connectivity index (χ1v) is 11.4. The molecule has 3 aromatic carbocycles. The smallest absolute Gasteiger partial charge is 0.241 e. The molecule has 1 atom stereocenters. The zero-order valence-corrected chi connectivity index (χ0v) is 17.8. The van der Waals surface area contributed by atoms with Gasteiger partial charge in [0.1, 0.15) is 0 Å². The molecule has 30 heavy (non-hydrogen) atoms. The summed E-state index contributed by atoms with van der Waals surface area (Å²) in [6.07, 6.45) is 0.638. The lowest BCUT2D eigenvalue weighted by molar-refractivity contribution is -0.116. The van der Waals surface area contributed by atoms with Crippen LogP contribution in [0.4, 0.5) is 5.69 Å². The van der Waals surface area contributed by atoms with Crippen LogP contribution < -0.4 is 9.62 Å². The molecule has 4 rings (SSSR count). The minimum absolute atomic E-state index is 0.0183. The number of hydrogen-bond acceptors (Lipinski definition) is 3. The first-order valence-electron chi connectivity index (χ1n) is 9.92. The third-order valence-corrected chi connectivity index (χ3v) is 6.88. The number of nitrogens with zero attached hydrogens (tertiary/aromatic N) is 1. The Morgan fingerprint density at radius 2 is 1.53 bits per heavy atom. The molecule has 6 heteroatoms. The van der Waals surface area contributed by atoms with Gasteiger partial charge in [0.2, 0.25) is 15.9 Å². The highest BCUT2D eigenvalue weighted by Crippen LogP contribution is 2.34. The van der Waals surface area contributed by atoms with Gasteiger partial charge in [-0.05, 0) is 48.2 Å². The second-order valence-electron chi connectivity index (χ2n) is 7.61. The van der Waals surface area contributed by atoms with Gasteiger partial charge in [-0.1, -0.05) is 60.7 Å². The maximum absolute atomic E-state index is 13.3. The zero-order valence-electron chi connectivity index (χ0n) is 16.9. The minimum Gasteiger partial charge on any atom is -0.309 e. The highest BCUT2D eigenvalue weighted by atomic mass is 32.2. The van der Waals surface area contributed by atoms with Crippen molar-refractivity contribution in [2.24, 2.45) is 0 Å². The summed E-state index contributed by atoms with van der Waals surface area (Å²) in [5.41, 5.74) is 3.39. The third-order valence-electron chi connectivity index (χ3n) is 5.45. The summed E-state index contributed by atoms with van der Waals surface area (Å²) in [6, 6.07) is 23.5. The van der Waals surface area contributed by atoms with Crippen molar-refractivity contribution in [3.63, 3.8) is 0 Å². The second-order valence-corrected chi connectivity index (χ2v) is 9.32. The van der Waals surface area contributed by atoms with Crippen molar-refractivity contribution in [2.75, 3.05) is 4.90 Å². The van der Waals surface area contributed by atoms with Crippen molar-refractivity contribution in [1.29, 1.82) is 0 Å². The molecule has 1 aliphatic rings. The standard InChI is InChI=1S/C24H24N2O3S/c1-17-15-21-16-22(13-14-23(21)26(17)18(2)27)30(28,29)25-24(19-9-5-3-6-10-19)20-11-7-4-8-12-20/h3-14,16-17,24-25H,15H2,1-2H3. The quantitative estimate of drug-likeness (QED) is 0.677. The SMILES string of the molecule is CC(=O)N1c2ccc(S(=O)(=O)NC(c3ccccc3)c3ccccc3)cc2CC1C. The van der Waals surface area contributed by atoms with E-state index >= 15 is 0 Å². The van der Waals surface area contributed by atoms with E-state index in [9.17, 15) is 13.2 Å². The van der Waals surface area contributed by atoms with Crippen molar-refractivity contribution in [3.8, 4) is 0 Å². The van der Waals surface area contributed by atoms with Crippen LogP contribution in [-0.2, 0) is 21.2 Å². The average molecular weight is 421 g/mol. The molecule has 0 fully saturated rings. The predicted octanol–water partition coefficient (Wildman–Crippen LogP) is 4.05. The topological polar surface area (TPSA) is 66.5 Å². The number of benzene rings is 3. The van der Waals surface area contributed by atoms with Crippen LogP contribution in [0.15, 0.2) is 83.8 Å². The van der Waals surface area contributed by atoms with Gasteiger partial charge >= 0.3 is 0 Å². The fourth-order valence-electron chi connectivity index (χ4n) is 4.10. The lowest BCUT2D eigenvalue weighted by Gasteiger charge is -2.21. The van der Waals surface area contributed by atoms with Gasteiger partial charge in [0.15, 0.2) is 0 Å². The Kier molecular flexibility index (Phi) is 5.45. The summed E-state index contributed by atoms with van der Waals surface area (Å²) in [5, 5.41) is 0. The minimum atomic E-state index is -3.79. The number of amides is 1. The Morgan fingerprint density at radius 1 is 0.967 bits per heavy atom. The van der Waals surface area contributed by atoms with Crippen LogP contribution in [0.5, 0.6) is 0 Å². The summed E-state index contributed by atoms with van der Waals surface area (Å²) < 4.78 is 29.5. The molecule has 0 aliphatic carbocycles. The molecule has 1 unspecified atom stereocenters. The maximum atomic E-state index is 13.3. The largest absolute Gasteiger partial charge is 0.309 e. The van der Waals surface area contributed by atoms with E-state index in [1.165, 1.54) is 6.92 Å². The molecule has 3 aromatic rings. The van der Waals surface area contributed by atoms with Gasteiger partial charge in [-0.25, -0.2) is 8.42 Å². The van der Waals surface area contributed by atoms with Crippen LogP contribution in [0.2, 0.25) is 0 Å². The van der Waals surface area contributed by atoms with Gasteiger partial charge in [0.05, 0.1) is 10.9 Å². The highest BCUT2D eigenvalue weighted by molar-refractivity contribution is 7.89. The van der Waals surface area contributed by atoms with E-state index < -0.39 is 16.1 Å². The van der Waals surface area contributed by atoms with E-state index in [0.29, 0.717) is 6.42 Å². The molecule has 154 valence electrons. The number of sulfonamides is 1. The summed E-state index contributed by atoms with van der Waals surface area (Å²) in [6.45, 7) is 3.50. The molecule has 0 saturated heterocycles. The van der Waals surface area contributed by atoms with Gasteiger partial charge in [-0.3, -0.25) is 4.79 Å². The molecule has 0 saturated carbocycles. The number of fused-ring (bicyclic) bond motifs is 1. The van der Waals surface area contributed by atoms with Crippen molar-refractivity contribution in [1.82, 2.24) is 4.72 Å². The normalized spacial score (nSPS) is 16.0. The Bertz CT molecular complexity index is 1120. The van der Waals surface area contributed by atoms with Crippen molar-refractivity contribution >= 4 is 21.6 Å². The molecule has 1 heterocycles. The summed E-state index contributed by atoms with van der Waals surface area (Å²) in [7, 11) is -3.79. The average Bonchev–Trinajstić information content (AvgIpc) is 3.08. The molecule has 1 amide bonds. The van der Waals surface area contributed by atoms with E-state index in [1.807, 2.05) is 67.6 Å². The highest BCUT2D eigenvalue weighted by Gasteiger charge is 2.31. The van der Waals surface area contributed by atoms with Crippen LogP contribution in [0.3, 0.4) is 0 Å². The second kappa shape index (κ2) is 8.05. The van der Waals surface area contributed by atoms with E-state index in [0.717, 1.165) is 22.4 Å². The summed E-state index contributed by atoms with van der Waals surface area (Å²) in [5.74, 6) is -0.0387. The Morgan fingerprint density at radius 3 is 2.07 bits per heavy atom. The molecule has 0 aromatic heterocycles. The third kappa shape index (κ3) is 3.88. The van der Waals surface area contributed by atoms with E-state index in [1.54, 1.807) is 23.1 Å². The number of rotatable bonds is 5. The summed E-state index contributed by atoms with van der Waals surface area (Å²) in [4.78, 5) is 13.9. The molecular weight excluding hydrogens is 396 g/mol. The first-order chi connectivity index (χ1) is 14.4. The number of carbonyl (C=O) groups is 1. The molecule has 0 radical (unpaired) electrons. The van der Waals surface area contributed by atoms with E-state index in [-0.39, 0.29) is 16.8 Å². The van der Waals surface area contributed by atoms with Crippen LogP contribution in [0.1, 0.15) is 36.6 Å². The monoisotopic (exact) mass is 420 g/mol. The van der Waals surface area contributed by atoms with E-state index in [4.69, 9.17) is 0 Å². The number of hydrogen-bond donors (Lipinski definition) is 1. The Balaban J connectivity index is 1.70. The van der Waals surface area contributed by atoms with Crippen LogP contribution in [0, 0.1) is 0 Å². The molecule has 1 N–H and O–H groups in total. The van der Waals surface area contributed by atoms with Gasteiger partial charge < -0.3 is 4.90 Å². The zero-order chi connectivity index (χ0) is 21.3. The van der Waals surface area contributed by atoms with Gasteiger partial charge in [-0.15, -0.1) is 0 Å². The number of anilines is 1. The van der Waals surface area contributed by atoms with Crippen LogP contribution >= 0.6 is 0 Å². The molecular formula is C24H24N2O3S. The fourth-order valence-corrected chi connectivity index (χ4v) is 5.36.